The number of H-pyrrole nitrogens is 1. The number of nitrogens with one attached hydrogen (secondary N) is 1. The summed E-state index contributed by atoms with van der Waals surface area (Å²) in [5, 5.41) is 9.71. The summed E-state index contributed by atoms with van der Waals surface area (Å²) in [5.74, 6) is -0.987. The van der Waals surface area contributed by atoms with Crippen LogP contribution in [0.25, 0.3) is 10.9 Å². The third-order valence-electron chi connectivity index (χ3n) is 3.44. The Hall–Kier alpha value is -2.93. The summed E-state index contributed by atoms with van der Waals surface area (Å²) in [4.78, 5) is 15.5. The number of fused-ring (bicyclic) bond motifs is 1. The molecule has 0 aliphatic carbocycles. The van der Waals surface area contributed by atoms with Crippen LogP contribution in [0.5, 0.6) is 0 Å². The second kappa shape index (κ2) is 4.88. The van der Waals surface area contributed by atoms with Gasteiger partial charge in [0, 0.05) is 22.7 Å². The first-order chi connectivity index (χ1) is 10.1. The van der Waals surface area contributed by atoms with Gasteiger partial charge in [-0.2, -0.15) is 5.26 Å². The maximum atomic E-state index is 13.9. The van der Waals surface area contributed by atoms with Crippen LogP contribution in [0.3, 0.4) is 0 Å². The van der Waals surface area contributed by atoms with Crippen LogP contribution in [0.15, 0.2) is 42.6 Å². The Labute approximate surface area is 120 Å². The number of halogens is 1. The Kier molecular flexibility index (Phi) is 3.03. The third kappa shape index (κ3) is 2.09. The molecule has 1 N–H and O–H groups in total. The number of rotatable bonds is 2. The van der Waals surface area contributed by atoms with Crippen molar-refractivity contribution in [3.63, 3.8) is 0 Å². The molecule has 0 spiro atoms. The van der Waals surface area contributed by atoms with Gasteiger partial charge >= 0.3 is 0 Å². The summed E-state index contributed by atoms with van der Waals surface area (Å²) in [7, 11) is 0. The molecule has 0 aliphatic heterocycles. The van der Waals surface area contributed by atoms with Gasteiger partial charge in [0.2, 0.25) is 0 Å². The lowest BCUT2D eigenvalue weighted by Gasteiger charge is -2.04. The first-order valence-electron chi connectivity index (χ1n) is 6.43. The maximum absolute atomic E-state index is 13.9. The number of hydrogen-bond acceptors (Lipinski definition) is 2. The van der Waals surface area contributed by atoms with Crippen molar-refractivity contribution in [2.24, 2.45) is 0 Å². The summed E-state index contributed by atoms with van der Waals surface area (Å²) in [6.07, 6.45) is 1.52. The molecule has 0 atom stereocenters. The van der Waals surface area contributed by atoms with E-state index in [1.807, 2.05) is 0 Å². The Morgan fingerprint density at radius 1 is 1.24 bits per heavy atom. The van der Waals surface area contributed by atoms with Gasteiger partial charge in [0.25, 0.3) is 0 Å². The molecule has 4 heteroatoms. The molecule has 0 unspecified atom stereocenters. The van der Waals surface area contributed by atoms with Crippen LogP contribution in [0.4, 0.5) is 4.39 Å². The number of nitriles is 1. The predicted molar refractivity (Wildman–Crippen MR) is 77.6 cm³/mol. The van der Waals surface area contributed by atoms with E-state index in [-0.39, 0.29) is 5.56 Å². The van der Waals surface area contributed by atoms with Crippen LogP contribution in [0.1, 0.15) is 27.0 Å². The first-order valence-corrected chi connectivity index (χ1v) is 6.43. The molecule has 0 aliphatic rings. The third-order valence-corrected chi connectivity index (χ3v) is 3.44. The number of hydrogen-bond donors (Lipinski definition) is 1. The monoisotopic (exact) mass is 278 g/mol. The molecule has 1 heterocycles. The van der Waals surface area contributed by atoms with Crippen LogP contribution in [-0.4, -0.2) is 10.8 Å². The van der Waals surface area contributed by atoms with Gasteiger partial charge in [-0.3, -0.25) is 4.79 Å². The predicted octanol–water partition coefficient (Wildman–Crippen LogP) is 3.72. The van der Waals surface area contributed by atoms with Crippen LogP contribution < -0.4 is 0 Å². The molecule has 21 heavy (non-hydrogen) atoms. The SMILES string of the molecule is Cc1ccc(F)c(C(=O)c2c[nH]c3cccc(C#N)c23)c1. The Balaban J connectivity index is 2.24. The number of aromatic nitrogens is 1. The summed E-state index contributed by atoms with van der Waals surface area (Å²) in [6.45, 7) is 1.80. The zero-order valence-corrected chi connectivity index (χ0v) is 11.3. The molecule has 0 saturated carbocycles. The number of carbonyl (C=O) groups excluding carboxylic acids is 1. The van der Waals surface area contributed by atoms with Crippen LogP contribution in [0.2, 0.25) is 0 Å². The minimum atomic E-state index is -0.561. The van der Waals surface area contributed by atoms with E-state index in [9.17, 15) is 14.4 Å². The molecule has 102 valence electrons. The minimum absolute atomic E-state index is 0.0173. The highest BCUT2D eigenvalue weighted by molar-refractivity contribution is 6.17. The van der Waals surface area contributed by atoms with E-state index < -0.39 is 11.6 Å². The zero-order chi connectivity index (χ0) is 15.0. The van der Waals surface area contributed by atoms with Crippen LogP contribution >= 0.6 is 0 Å². The summed E-state index contributed by atoms with van der Waals surface area (Å²) < 4.78 is 13.9. The number of ketones is 1. The lowest BCUT2D eigenvalue weighted by Crippen LogP contribution is -2.04. The smallest absolute Gasteiger partial charge is 0.198 e. The lowest BCUT2D eigenvalue weighted by atomic mass is 9.98. The van der Waals surface area contributed by atoms with E-state index in [0.29, 0.717) is 22.0 Å². The van der Waals surface area contributed by atoms with Crippen LogP contribution in [0, 0.1) is 24.1 Å². The van der Waals surface area contributed by atoms with E-state index >= 15 is 0 Å². The van der Waals surface area contributed by atoms with Gasteiger partial charge in [0.05, 0.1) is 17.2 Å². The molecule has 3 aromatic rings. The zero-order valence-electron chi connectivity index (χ0n) is 11.3. The van der Waals surface area contributed by atoms with Crippen molar-refractivity contribution in [3.8, 4) is 6.07 Å². The van der Waals surface area contributed by atoms with E-state index in [2.05, 4.69) is 11.1 Å². The van der Waals surface area contributed by atoms with Crippen molar-refractivity contribution in [3.05, 3.63) is 70.7 Å². The Morgan fingerprint density at radius 2 is 2.05 bits per heavy atom. The number of nitrogens with zero attached hydrogens (tertiary/aromatic N) is 1. The fourth-order valence-electron chi connectivity index (χ4n) is 2.42. The molecular weight excluding hydrogens is 267 g/mol. The molecule has 3 nitrogen and oxygen atoms in total. The van der Waals surface area contributed by atoms with E-state index in [0.717, 1.165) is 5.56 Å². The van der Waals surface area contributed by atoms with Gasteiger partial charge in [-0.15, -0.1) is 0 Å². The molecule has 0 amide bonds. The Morgan fingerprint density at radius 3 is 2.81 bits per heavy atom. The summed E-state index contributed by atoms with van der Waals surface area (Å²) in [6, 6.07) is 11.6. The molecule has 0 radical (unpaired) electrons. The average Bonchev–Trinajstić information content (AvgIpc) is 2.93. The van der Waals surface area contributed by atoms with Gasteiger partial charge in [-0.25, -0.2) is 4.39 Å². The molecule has 0 fully saturated rings. The lowest BCUT2D eigenvalue weighted by molar-refractivity contribution is 0.103. The highest BCUT2D eigenvalue weighted by Gasteiger charge is 2.19. The Bertz CT molecular complexity index is 903. The fourth-order valence-corrected chi connectivity index (χ4v) is 2.42. The standard InChI is InChI=1S/C17H11FN2O/c1-10-5-6-14(18)12(7-10)17(21)13-9-20-15-4-2-3-11(8-19)16(13)15/h2-7,9,20H,1H3. The van der Waals surface area contributed by atoms with E-state index in [1.54, 1.807) is 31.2 Å². The normalized spacial score (nSPS) is 10.5. The molecular formula is C17H11FN2O. The molecule has 3 rings (SSSR count). The molecule has 0 saturated heterocycles. The highest BCUT2D eigenvalue weighted by atomic mass is 19.1. The second-order valence-corrected chi connectivity index (χ2v) is 4.85. The van der Waals surface area contributed by atoms with Gasteiger partial charge in [-0.05, 0) is 31.2 Å². The van der Waals surface area contributed by atoms with Crippen molar-refractivity contribution >= 4 is 16.7 Å². The molecule has 1 aromatic heterocycles. The van der Waals surface area contributed by atoms with Crippen LogP contribution in [-0.2, 0) is 0 Å². The van der Waals surface area contributed by atoms with E-state index in [4.69, 9.17) is 0 Å². The van der Waals surface area contributed by atoms with Gasteiger partial charge in [-0.1, -0.05) is 17.7 Å². The number of benzene rings is 2. The molecule has 0 bridgehead atoms. The average molecular weight is 278 g/mol. The van der Waals surface area contributed by atoms with E-state index in [1.165, 1.54) is 18.3 Å². The quantitative estimate of drug-likeness (QED) is 0.726. The fraction of sp³-hybridized carbons (Fsp3) is 0.0588. The minimum Gasteiger partial charge on any atom is -0.360 e. The van der Waals surface area contributed by atoms with Crippen molar-refractivity contribution in [1.82, 2.24) is 4.98 Å². The van der Waals surface area contributed by atoms with Crippen molar-refractivity contribution < 1.29 is 9.18 Å². The largest absolute Gasteiger partial charge is 0.360 e. The number of aromatic amines is 1. The van der Waals surface area contributed by atoms with Gasteiger partial charge in [0.1, 0.15) is 5.82 Å². The first kappa shape index (κ1) is 13.1. The van der Waals surface area contributed by atoms with Crippen molar-refractivity contribution in [2.75, 3.05) is 0 Å². The number of carbonyl (C=O) groups is 1. The highest BCUT2D eigenvalue weighted by Crippen LogP contribution is 2.25. The van der Waals surface area contributed by atoms with Gasteiger partial charge in [0.15, 0.2) is 5.78 Å². The topological polar surface area (TPSA) is 56.6 Å². The van der Waals surface area contributed by atoms with Crippen molar-refractivity contribution in [2.45, 2.75) is 6.92 Å². The molecule has 2 aromatic carbocycles. The summed E-state index contributed by atoms with van der Waals surface area (Å²) in [5.41, 5.74) is 2.21. The second-order valence-electron chi connectivity index (χ2n) is 4.85. The maximum Gasteiger partial charge on any atom is 0.198 e. The van der Waals surface area contributed by atoms with Crippen molar-refractivity contribution in [1.29, 1.82) is 5.26 Å². The summed E-state index contributed by atoms with van der Waals surface area (Å²) >= 11 is 0. The number of aryl methyl sites for hydroxylation is 1. The van der Waals surface area contributed by atoms with Gasteiger partial charge < -0.3 is 4.98 Å².